The molecule has 0 N–H and O–H groups in total. The fourth-order valence-corrected chi connectivity index (χ4v) is 4.59. The van der Waals surface area contributed by atoms with Crippen LogP contribution in [0.1, 0.15) is 17.4 Å². The van der Waals surface area contributed by atoms with Crippen LogP contribution in [0.25, 0.3) is 26.7 Å². The highest BCUT2D eigenvalue weighted by Gasteiger charge is 2.25. The molecule has 6 nitrogen and oxygen atoms in total. The third kappa shape index (κ3) is 3.29. The van der Waals surface area contributed by atoms with Crippen LogP contribution in [0, 0.1) is 0 Å². The van der Waals surface area contributed by atoms with Gasteiger partial charge in [0.2, 0.25) is 0 Å². The van der Waals surface area contributed by atoms with Crippen LogP contribution in [0.5, 0.6) is 0 Å². The number of nitrogens with zero attached hydrogens (tertiary/aromatic N) is 4. The zero-order valence-electron chi connectivity index (χ0n) is 16.7. The van der Waals surface area contributed by atoms with Crippen molar-refractivity contribution in [2.45, 2.75) is 6.92 Å². The maximum absolute atomic E-state index is 13.7. The SMILES string of the molecule is CCN(C(=O)c1nn(-c2ccccc2)c(=O)c2ccccc12)c1nc2ccccc2s1. The first-order valence-corrected chi connectivity index (χ1v) is 10.7. The Labute approximate surface area is 182 Å². The third-order valence-electron chi connectivity index (χ3n) is 5.08. The van der Waals surface area contributed by atoms with Gasteiger partial charge in [-0.2, -0.15) is 9.78 Å². The number of carbonyl (C=O) groups excluding carboxylic acids is 1. The molecule has 2 aromatic heterocycles. The van der Waals surface area contributed by atoms with E-state index in [-0.39, 0.29) is 17.2 Å². The highest BCUT2D eigenvalue weighted by atomic mass is 32.1. The fraction of sp³-hybridized carbons (Fsp3) is 0.0833. The van der Waals surface area contributed by atoms with E-state index in [1.807, 2.05) is 49.4 Å². The van der Waals surface area contributed by atoms with Crippen LogP contribution in [0.4, 0.5) is 5.13 Å². The van der Waals surface area contributed by atoms with Crippen LogP contribution in [0.3, 0.4) is 0 Å². The number of anilines is 1. The summed E-state index contributed by atoms with van der Waals surface area (Å²) in [7, 11) is 0. The number of aromatic nitrogens is 3. The Hall–Kier alpha value is -3.84. The van der Waals surface area contributed by atoms with Gasteiger partial charge < -0.3 is 0 Å². The van der Waals surface area contributed by atoms with Gasteiger partial charge in [-0.1, -0.05) is 59.9 Å². The Morgan fingerprint density at radius 3 is 2.35 bits per heavy atom. The molecule has 0 bridgehead atoms. The van der Waals surface area contributed by atoms with Gasteiger partial charge in [-0.3, -0.25) is 14.5 Å². The van der Waals surface area contributed by atoms with Crippen molar-refractivity contribution in [1.29, 1.82) is 0 Å². The normalized spacial score (nSPS) is 11.1. The average molecular weight is 427 g/mol. The molecular formula is C24H18N4O2S. The highest BCUT2D eigenvalue weighted by Crippen LogP contribution is 2.30. The average Bonchev–Trinajstić information content (AvgIpc) is 3.24. The van der Waals surface area contributed by atoms with E-state index < -0.39 is 0 Å². The largest absolute Gasteiger partial charge is 0.283 e. The van der Waals surface area contributed by atoms with Crippen LogP contribution >= 0.6 is 11.3 Å². The van der Waals surface area contributed by atoms with Crippen LogP contribution in [-0.4, -0.2) is 27.2 Å². The molecular weight excluding hydrogens is 408 g/mol. The molecule has 2 heterocycles. The molecule has 0 spiro atoms. The Bertz CT molecular complexity index is 1440. The number of para-hydroxylation sites is 2. The van der Waals surface area contributed by atoms with Crippen LogP contribution in [-0.2, 0) is 0 Å². The monoisotopic (exact) mass is 426 g/mol. The molecule has 0 saturated heterocycles. The zero-order chi connectivity index (χ0) is 21.4. The molecule has 0 aliphatic heterocycles. The third-order valence-corrected chi connectivity index (χ3v) is 6.14. The number of rotatable bonds is 4. The molecule has 0 fully saturated rings. The fourth-order valence-electron chi connectivity index (χ4n) is 3.56. The second-order valence-electron chi connectivity index (χ2n) is 6.96. The lowest BCUT2D eigenvalue weighted by Crippen LogP contribution is -2.34. The zero-order valence-corrected chi connectivity index (χ0v) is 17.5. The lowest BCUT2D eigenvalue weighted by molar-refractivity contribution is 0.0983. The summed E-state index contributed by atoms with van der Waals surface area (Å²) >= 11 is 1.46. The van der Waals surface area contributed by atoms with Gasteiger partial charge >= 0.3 is 0 Å². The number of thiazole rings is 1. The number of hydrogen-bond donors (Lipinski definition) is 0. The van der Waals surface area contributed by atoms with Crippen molar-refractivity contribution in [2.75, 3.05) is 11.4 Å². The summed E-state index contributed by atoms with van der Waals surface area (Å²) in [6.07, 6.45) is 0. The smallest absolute Gasteiger partial charge is 0.281 e. The molecule has 0 saturated carbocycles. The van der Waals surface area contributed by atoms with Crippen LogP contribution in [0.15, 0.2) is 83.7 Å². The molecule has 5 rings (SSSR count). The minimum absolute atomic E-state index is 0.222. The first kappa shape index (κ1) is 19.1. The summed E-state index contributed by atoms with van der Waals surface area (Å²) in [5, 5.41) is 6.10. The number of fused-ring (bicyclic) bond motifs is 2. The maximum Gasteiger partial charge on any atom is 0.281 e. The van der Waals surface area contributed by atoms with Crippen molar-refractivity contribution in [1.82, 2.24) is 14.8 Å². The second kappa shape index (κ2) is 7.77. The molecule has 0 unspecified atom stereocenters. The van der Waals surface area contributed by atoms with Gasteiger partial charge in [0.05, 0.1) is 21.3 Å². The molecule has 1 amide bonds. The molecule has 7 heteroatoms. The van der Waals surface area contributed by atoms with E-state index in [0.717, 1.165) is 10.2 Å². The van der Waals surface area contributed by atoms with E-state index >= 15 is 0 Å². The van der Waals surface area contributed by atoms with Gasteiger partial charge in [0.15, 0.2) is 10.8 Å². The quantitative estimate of drug-likeness (QED) is 0.419. The van der Waals surface area contributed by atoms with Gasteiger partial charge in [0, 0.05) is 11.9 Å². The van der Waals surface area contributed by atoms with Gasteiger partial charge in [-0.05, 0) is 37.3 Å². The molecule has 0 aliphatic carbocycles. The molecule has 152 valence electrons. The van der Waals surface area contributed by atoms with Crippen molar-refractivity contribution in [3.05, 3.63) is 94.9 Å². The topological polar surface area (TPSA) is 68.1 Å². The van der Waals surface area contributed by atoms with Gasteiger partial charge in [0.1, 0.15) is 0 Å². The van der Waals surface area contributed by atoms with E-state index in [1.54, 1.807) is 41.3 Å². The molecule has 0 aliphatic rings. The van der Waals surface area contributed by atoms with E-state index in [2.05, 4.69) is 10.1 Å². The number of hydrogen-bond acceptors (Lipinski definition) is 5. The molecule has 5 aromatic rings. The van der Waals surface area contributed by atoms with Gasteiger partial charge in [0.25, 0.3) is 11.5 Å². The lowest BCUT2D eigenvalue weighted by Gasteiger charge is -2.19. The van der Waals surface area contributed by atoms with Crippen molar-refractivity contribution in [3.63, 3.8) is 0 Å². The van der Waals surface area contributed by atoms with E-state index in [9.17, 15) is 9.59 Å². The Balaban J connectivity index is 1.70. The Kier molecular flexibility index (Phi) is 4.80. The van der Waals surface area contributed by atoms with E-state index in [1.165, 1.54) is 16.0 Å². The summed E-state index contributed by atoms with van der Waals surface area (Å²) in [6, 6.07) is 24.0. The Morgan fingerprint density at radius 2 is 1.61 bits per heavy atom. The second-order valence-corrected chi connectivity index (χ2v) is 7.97. The number of benzene rings is 3. The van der Waals surface area contributed by atoms with Crippen molar-refractivity contribution in [2.24, 2.45) is 0 Å². The van der Waals surface area contributed by atoms with Crippen LogP contribution < -0.4 is 10.5 Å². The number of amides is 1. The first-order valence-electron chi connectivity index (χ1n) is 9.92. The molecule has 0 atom stereocenters. The van der Waals surface area contributed by atoms with Crippen LogP contribution in [0.2, 0.25) is 0 Å². The summed E-state index contributed by atoms with van der Waals surface area (Å²) in [5.74, 6) is -0.289. The predicted octanol–water partition coefficient (Wildman–Crippen LogP) is 4.66. The van der Waals surface area contributed by atoms with Gasteiger partial charge in [-0.25, -0.2) is 4.98 Å². The minimum atomic E-state index is -0.289. The number of carbonyl (C=O) groups is 1. The standard InChI is InChI=1S/C24H18N4O2S/c1-2-27(24-25-19-14-8-9-15-20(19)31-24)23(30)21-17-12-6-7-13-18(17)22(29)28(26-21)16-10-4-3-5-11-16/h3-15H,2H2,1H3. The Morgan fingerprint density at radius 1 is 0.935 bits per heavy atom. The summed E-state index contributed by atoms with van der Waals surface area (Å²) < 4.78 is 2.30. The molecule has 31 heavy (non-hydrogen) atoms. The molecule has 3 aromatic carbocycles. The maximum atomic E-state index is 13.7. The molecule has 0 radical (unpaired) electrons. The van der Waals surface area contributed by atoms with Crippen molar-refractivity contribution in [3.8, 4) is 5.69 Å². The lowest BCUT2D eigenvalue weighted by atomic mass is 10.1. The highest BCUT2D eigenvalue weighted by molar-refractivity contribution is 7.22. The minimum Gasteiger partial charge on any atom is -0.283 e. The van der Waals surface area contributed by atoms with Gasteiger partial charge in [-0.15, -0.1) is 0 Å². The van der Waals surface area contributed by atoms with E-state index in [4.69, 9.17) is 0 Å². The van der Waals surface area contributed by atoms with Crippen molar-refractivity contribution >= 4 is 43.4 Å². The predicted molar refractivity (Wildman–Crippen MR) is 124 cm³/mol. The van der Waals surface area contributed by atoms with E-state index in [0.29, 0.717) is 28.1 Å². The first-order chi connectivity index (χ1) is 15.2. The summed E-state index contributed by atoms with van der Waals surface area (Å²) in [5.41, 5.74) is 1.41. The summed E-state index contributed by atoms with van der Waals surface area (Å²) in [4.78, 5) is 33.0. The summed E-state index contributed by atoms with van der Waals surface area (Å²) in [6.45, 7) is 2.33. The van der Waals surface area contributed by atoms with Crippen molar-refractivity contribution < 1.29 is 4.79 Å².